The average Bonchev–Trinajstić information content (AvgIpc) is 2.45. The van der Waals surface area contributed by atoms with Gasteiger partial charge >= 0.3 is 0 Å². The van der Waals surface area contributed by atoms with Gasteiger partial charge in [-0.2, -0.15) is 0 Å². The van der Waals surface area contributed by atoms with Crippen molar-refractivity contribution < 1.29 is 5.11 Å². The number of para-hydroxylation sites is 1. The summed E-state index contributed by atoms with van der Waals surface area (Å²) >= 11 is 0. The van der Waals surface area contributed by atoms with Crippen molar-refractivity contribution in [3.63, 3.8) is 0 Å². The number of hydrogen-bond acceptors (Lipinski definition) is 1. The van der Waals surface area contributed by atoms with Crippen LogP contribution in [0.3, 0.4) is 0 Å². The van der Waals surface area contributed by atoms with Crippen LogP contribution < -0.4 is 0 Å². The fourth-order valence-corrected chi connectivity index (χ4v) is 3.69. The number of unbranched alkanes of at least 4 members (excludes halogenated alkanes) is 3. The van der Waals surface area contributed by atoms with Crippen LogP contribution in [0.2, 0.25) is 0 Å². The highest BCUT2D eigenvalue weighted by Crippen LogP contribution is 2.46. The normalized spacial score (nSPS) is 18.4. The molecule has 0 heterocycles. The largest absolute Gasteiger partial charge is 0.508 e. The van der Waals surface area contributed by atoms with Gasteiger partial charge in [-0.3, -0.25) is 0 Å². The van der Waals surface area contributed by atoms with Gasteiger partial charge in [0, 0.05) is 5.56 Å². The van der Waals surface area contributed by atoms with Crippen LogP contribution in [0.25, 0.3) is 0 Å². The number of phenols is 1. The van der Waals surface area contributed by atoms with Crippen molar-refractivity contribution in [3.8, 4) is 5.75 Å². The van der Waals surface area contributed by atoms with E-state index in [0.717, 1.165) is 0 Å². The van der Waals surface area contributed by atoms with Crippen molar-refractivity contribution in [1.82, 2.24) is 0 Å². The van der Waals surface area contributed by atoms with Crippen LogP contribution in [-0.4, -0.2) is 5.11 Å². The molecule has 1 saturated carbocycles. The van der Waals surface area contributed by atoms with Crippen LogP contribution >= 0.6 is 0 Å². The maximum atomic E-state index is 10.2. The highest BCUT2D eigenvalue weighted by molar-refractivity contribution is 5.38. The summed E-state index contributed by atoms with van der Waals surface area (Å²) in [5, 5.41) is 10.2. The molecule has 0 amide bonds. The van der Waals surface area contributed by atoms with Gasteiger partial charge in [0.1, 0.15) is 5.75 Å². The first-order chi connectivity index (χ1) is 9.28. The third kappa shape index (κ3) is 3.52. The summed E-state index contributed by atoms with van der Waals surface area (Å²) in [7, 11) is 0. The van der Waals surface area contributed by atoms with E-state index in [2.05, 4.69) is 19.1 Å². The SMILES string of the molecule is CCCCCCC1(c2ccccc2O)CCCCC1. The molecule has 19 heavy (non-hydrogen) atoms. The predicted molar refractivity (Wildman–Crippen MR) is 81.6 cm³/mol. The molecular weight excluding hydrogens is 232 g/mol. The maximum absolute atomic E-state index is 10.2. The molecule has 1 aliphatic carbocycles. The minimum atomic E-state index is 0.261. The Morgan fingerprint density at radius 3 is 2.42 bits per heavy atom. The monoisotopic (exact) mass is 260 g/mol. The topological polar surface area (TPSA) is 20.2 Å². The molecular formula is C18H28O. The summed E-state index contributed by atoms with van der Waals surface area (Å²) in [6.45, 7) is 2.26. The predicted octanol–water partition coefficient (Wildman–Crippen LogP) is 5.56. The van der Waals surface area contributed by atoms with Crippen molar-refractivity contribution in [3.05, 3.63) is 29.8 Å². The molecule has 1 fully saturated rings. The van der Waals surface area contributed by atoms with Gasteiger partial charge in [-0.05, 0) is 30.7 Å². The molecule has 0 aliphatic heterocycles. The quantitative estimate of drug-likeness (QED) is 0.663. The molecule has 106 valence electrons. The van der Waals surface area contributed by atoms with Crippen LogP contribution in [0, 0.1) is 0 Å². The highest BCUT2D eigenvalue weighted by atomic mass is 16.3. The van der Waals surface area contributed by atoms with Gasteiger partial charge in [-0.25, -0.2) is 0 Å². The smallest absolute Gasteiger partial charge is 0.119 e. The summed E-state index contributed by atoms with van der Waals surface area (Å²) in [5.41, 5.74) is 1.48. The molecule has 0 bridgehead atoms. The first-order valence-corrected chi connectivity index (χ1v) is 8.07. The Morgan fingerprint density at radius 2 is 1.74 bits per heavy atom. The van der Waals surface area contributed by atoms with E-state index in [0.29, 0.717) is 5.75 Å². The van der Waals surface area contributed by atoms with E-state index in [4.69, 9.17) is 0 Å². The second-order valence-electron chi connectivity index (χ2n) is 6.17. The Morgan fingerprint density at radius 1 is 1.00 bits per heavy atom. The van der Waals surface area contributed by atoms with Crippen molar-refractivity contribution in [2.24, 2.45) is 0 Å². The standard InChI is InChI=1S/C18H28O/c1-2-3-4-8-13-18(14-9-5-10-15-18)16-11-6-7-12-17(16)19/h6-7,11-12,19H,2-5,8-10,13-15H2,1H3. The molecule has 0 unspecified atom stereocenters. The van der Waals surface area contributed by atoms with Crippen LogP contribution in [0.4, 0.5) is 0 Å². The van der Waals surface area contributed by atoms with Gasteiger partial charge in [0.15, 0.2) is 0 Å². The molecule has 1 nitrogen and oxygen atoms in total. The molecule has 1 heteroatoms. The first kappa shape index (κ1) is 14.4. The third-order valence-corrected chi connectivity index (χ3v) is 4.79. The minimum Gasteiger partial charge on any atom is -0.508 e. The van der Waals surface area contributed by atoms with Gasteiger partial charge in [0.2, 0.25) is 0 Å². The Hall–Kier alpha value is -0.980. The van der Waals surface area contributed by atoms with E-state index in [9.17, 15) is 5.11 Å². The summed E-state index contributed by atoms with van der Waals surface area (Å²) in [6, 6.07) is 8.03. The molecule has 0 saturated heterocycles. The third-order valence-electron chi connectivity index (χ3n) is 4.79. The molecule has 0 aromatic heterocycles. The summed E-state index contributed by atoms with van der Waals surface area (Å²) in [5.74, 6) is 0.514. The summed E-state index contributed by atoms with van der Waals surface area (Å²) in [4.78, 5) is 0. The van der Waals surface area contributed by atoms with Crippen LogP contribution in [0.5, 0.6) is 5.75 Å². The fourth-order valence-electron chi connectivity index (χ4n) is 3.69. The summed E-state index contributed by atoms with van der Waals surface area (Å²) in [6.07, 6.45) is 13.1. The van der Waals surface area contributed by atoms with E-state index < -0.39 is 0 Å². The zero-order valence-corrected chi connectivity index (χ0v) is 12.3. The Kier molecular flexibility index (Phi) is 5.30. The fraction of sp³-hybridized carbons (Fsp3) is 0.667. The van der Waals surface area contributed by atoms with E-state index >= 15 is 0 Å². The number of aromatic hydroxyl groups is 1. The molecule has 1 aromatic rings. The zero-order valence-electron chi connectivity index (χ0n) is 12.3. The Bertz CT molecular complexity index is 377. The molecule has 1 aromatic carbocycles. The van der Waals surface area contributed by atoms with Gasteiger partial charge in [0.05, 0.1) is 0 Å². The van der Waals surface area contributed by atoms with Gasteiger partial charge < -0.3 is 5.11 Å². The molecule has 2 rings (SSSR count). The number of benzene rings is 1. The lowest BCUT2D eigenvalue weighted by molar-refractivity contribution is 0.258. The zero-order chi connectivity index (χ0) is 13.6. The number of rotatable bonds is 6. The van der Waals surface area contributed by atoms with Crippen molar-refractivity contribution in [2.75, 3.05) is 0 Å². The Balaban J connectivity index is 2.12. The molecule has 0 atom stereocenters. The maximum Gasteiger partial charge on any atom is 0.119 e. The van der Waals surface area contributed by atoms with Crippen LogP contribution in [-0.2, 0) is 5.41 Å². The molecule has 0 spiro atoms. The van der Waals surface area contributed by atoms with Crippen molar-refractivity contribution in [2.45, 2.75) is 76.5 Å². The highest BCUT2D eigenvalue weighted by Gasteiger charge is 2.34. The van der Waals surface area contributed by atoms with E-state index in [-0.39, 0.29) is 5.41 Å². The summed E-state index contributed by atoms with van der Waals surface area (Å²) < 4.78 is 0. The molecule has 0 radical (unpaired) electrons. The van der Waals surface area contributed by atoms with Crippen molar-refractivity contribution >= 4 is 0 Å². The lowest BCUT2D eigenvalue weighted by Crippen LogP contribution is -2.29. The first-order valence-electron chi connectivity index (χ1n) is 8.07. The lowest BCUT2D eigenvalue weighted by Gasteiger charge is -2.38. The van der Waals surface area contributed by atoms with Crippen LogP contribution in [0.15, 0.2) is 24.3 Å². The van der Waals surface area contributed by atoms with Gasteiger partial charge in [-0.1, -0.05) is 70.1 Å². The van der Waals surface area contributed by atoms with E-state index in [1.54, 1.807) is 0 Å². The average molecular weight is 260 g/mol. The van der Waals surface area contributed by atoms with Gasteiger partial charge in [0.25, 0.3) is 0 Å². The molecule has 1 N–H and O–H groups in total. The van der Waals surface area contributed by atoms with Gasteiger partial charge in [-0.15, -0.1) is 0 Å². The number of phenolic OH excluding ortho intramolecular Hbond substituents is 1. The van der Waals surface area contributed by atoms with E-state index in [1.165, 1.54) is 69.8 Å². The molecule has 1 aliphatic rings. The second-order valence-corrected chi connectivity index (χ2v) is 6.17. The van der Waals surface area contributed by atoms with Crippen molar-refractivity contribution in [1.29, 1.82) is 0 Å². The van der Waals surface area contributed by atoms with E-state index in [1.807, 2.05) is 12.1 Å². The lowest BCUT2D eigenvalue weighted by atomic mass is 9.66. The number of hydrogen-bond donors (Lipinski definition) is 1. The second kappa shape index (κ2) is 6.98. The minimum absolute atomic E-state index is 0.261. The van der Waals surface area contributed by atoms with Crippen LogP contribution in [0.1, 0.15) is 76.7 Å². The Labute approximate surface area is 118 Å².